The van der Waals surface area contributed by atoms with Crippen LogP contribution >= 0.6 is 0 Å². The smallest absolute Gasteiger partial charge is 0.280 e. The van der Waals surface area contributed by atoms with Gasteiger partial charge in [-0.05, 0) is 76.1 Å². The van der Waals surface area contributed by atoms with Crippen molar-refractivity contribution in [1.82, 2.24) is 19.4 Å². The number of hydrogen-bond donors (Lipinski definition) is 2. The number of anilines is 1. The Morgan fingerprint density at radius 2 is 1.91 bits per heavy atom. The molecule has 2 N–H and O–H groups in total. The van der Waals surface area contributed by atoms with Crippen molar-refractivity contribution in [3.05, 3.63) is 66.1 Å². The van der Waals surface area contributed by atoms with Crippen LogP contribution < -0.4 is 14.2 Å². The molecule has 258 valence electrons. The number of imidazole rings is 1. The zero-order valence-corrected chi connectivity index (χ0v) is 29.1. The van der Waals surface area contributed by atoms with E-state index in [0.29, 0.717) is 32.0 Å². The van der Waals surface area contributed by atoms with Crippen molar-refractivity contribution in [2.24, 2.45) is 13.0 Å². The Hall–Kier alpha value is -3.65. The number of carbonyl (C=O) groups is 1. The molecular weight excluding hydrogens is 622 g/mol. The number of benzene rings is 2. The van der Waals surface area contributed by atoms with Crippen molar-refractivity contribution in [3.8, 4) is 11.5 Å². The third kappa shape index (κ3) is 9.92. The number of carbonyl (C=O) groups excluding carboxylic acids is 1. The average molecular weight is 672 g/mol. The summed E-state index contributed by atoms with van der Waals surface area (Å²) in [5.74, 6) is 0.696. The molecule has 0 fully saturated rings. The van der Waals surface area contributed by atoms with E-state index in [1.165, 1.54) is 18.6 Å². The number of sulfonamides is 1. The maximum Gasteiger partial charge on any atom is 0.280 e. The summed E-state index contributed by atoms with van der Waals surface area (Å²) in [7, 11) is 1.38. The summed E-state index contributed by atoms with van der Waals surface area (Å²) in [5.41, 5.74) is 1.55. The molecule has 1 amide bonds. The fourth-order valence-corrected chi connectivity index (χ4v) is 6.63. The van der Waals surface area contributed by atoms with E-state index in [9.17, 15) is 18.3 Å². The Morgan fingerprint density at radius 1 is 1.17 bits per heavy atom. The van der Waals surface area contributed by atoms with Crippen LogP contribution in [0.15, 0.2) is 60.0 Å². The number of nitrogens with zero attached hydrogens (tertiary/aromatic N) is 4. The molecule has 0 unspecified atom stereocenters. The fourth-order valence-electron chi connectivity index (χ4n) is 5.60. The van der Waals surface area contributed by atoms with Gasteiger partial charge in [0.15, 0.2) is 5.03 Å². The Morgan fingerprint density at radius 3 is 2.57 bits per heavy atom. The lowest BCUT2D eigenvalue weighted by Gasteiger charge is -2.36. The molecule has 0 spiro atoms. The predicted molar refractivity (Wildman–Crippen MR) is 180 cm³/mol. The van der Waals surface area contributed by atoms with E-state index < -0.39 is 16.1 Å². The summed E-state index contributed by atoms with van der Waals surface area (Å²) in [4.78, 5) is 22.1. The van der Waals surface area contributed by atoms with Gasteiger partial charge >= 0.3 is 0 Å². The van der Waals surface area contributed by atoms with E-state index in [0.717, 1.165) is 30.6 Å². The monoisotopic (exact) mass is 671 g/mol. The van der Waals surface area contributed by atoms with Gasteiger partial charge in [0.1, 0.15) is 11.5 Å². The normalized spacial score (nSPS) is 20.6. The topological polar surface area (TPSA) is 135 Å². The van der Waals surface area contributed by atoms with Crippen LogP contribution in [0.4, 0.5) is 5.69 Å². The number of nitrogens with one attached hydrogen (secondary N) is 1. The van der Waals surface area contributed by atoms with Crippen molar-refractivity contribution in [2.45, 2.75) is 69.9 Å². The van der Waals surface area contributed by atoms with Crippen LogP contribution in [-0.2, 0) is 28.4 Å². The molecule has 0 saturated carbocycles. The van der Waals surface area contributed by atoms with Crippen LogP contribution in [0.25, 0.3) is 0 Å². The second-order valence-corrected chi connectivity index (χ2v) is 14.2. The Labute approximate surface area is 278 Å². The van der Waals surface area contributed by atoms with Gasteiger partial charge < -0.3 is 28.8 Å². The lowest BCUT2D eigenvalue weighted by Crippen LogP contribution is -2.47. The number of fused-ring (bicyclic) bond motifs is 1. The number of aliphatic hydroxyl groups is 1. The molecule has 2 aromatic carbocycles. The molecule has 1 aliphatic heterocycles. The number of methoxy groups -OCH3 is 1. The maximum absolute atomic E-state index is 14.4. The predicted octanol–water partition coefficient (Wildman–Crippen LogP) is 4.16. The Bertz CT molecular complexity index is 1560. The minimum absolute atomic E-state index is 0.0941. The summed E-state index contributed by atoms with van der Waals surface area (Å²) in [6.07, 6.45) is 4.90. The van der Waals surface area contributed by atoms with Crippen LogP contribution in [0.1, 0.15) is 56.0 Å². The van der Waals surface area contributed by atoms with E-state index in [2.05, 4.69) is 21.5 Å². The molecule has 0 aliphatic carbocycles. The molecule has 12 nitrogen and oxygen atoms in total. The summed E-state index contributed by atoms with van der Waals surface area (Å²) >= 11 is 0. The zero-order chi connectivity index (χ0) is 34.1. The van der Waals surface area contributed by atoms with Crippen LogP contribution in [-0.4, -0.2) is 97.5 Å². The fraction of sp³-hybridized carbons (Fsp3) is 0.529. The Balaban J connectivity index is 1.62. The quantitative estimate of drug-likeness (QED) is 0.326. The highest BCUT2D eigenvalue weighted by Gasteiger charge is 2.31. The lowest BCUT2D eigenvalue weighted by molar-refractivity contribution is -0.0177. The molecule has 0 saturated heterocycles. The standard InChI is InChI=1S/C34H49N5O7S/c1-24-18-39(25(2)22-40)34(41)30-17-28(36-47(42,43)33-21-38(5)23-35-33)12-15-31(30)46-26(3)9-7-8-16-45-32(24)20-37(4)19-27-10-13-29(44-6)14-11-27/h10-15,17,21,23-26,32,36,40H,7-9,16,18-20,22H2,1-6H3/t24-,25+,26+,32-/m0/s1. The molecule has 2 heterocycles. The minimum atomic E-state index is -4.00. The second kappa shape index (κ2) is 16.4. The van der Waals surface area contributed by atoms with E-state index >= 15 is 0 Å². The first-order valence-electron chi connectivity index (χ1n) is 16.1. The lowest BCUT2D eigenvalue weighted by atomic mass is 10.0. The van der Waals surface area contributed by atoms with Crippen molar-refractivity contribution < 1.29 is 32.5 Å². The molecule has 3 aromatic rings. The van der Waals surface area contributed by atoms with E-state index in [1.54, 1.807) is 42.7 Å². The third-order valence-electron chi connectivity index (χ3n) is 8.36. The number of aromatic nitrogens is 2. The molecule has 0 bridgehead atoms. The van der Waals surface area contributed by atoms with Gasteiger partial charge in [-0.15, -0.1) is 0 Å². The SMILES string of the molecule is COc1ccc(CN(C)C[C@@H]2OCCCC[C@@H](C)Oc3ccc(NS(=O)(=O)c4cn(C)cn4)cc3C(=O)N([C@H](C)CO)C[C@@H]2C)cc1. The van der Waals surface area contributed by atoms with Crippen LogP contribution in [0.2, 0.25) is 0 Å². The molecule has 4 atom stereocenters. The van der Waals surface area contributed by atoms with Crippen molar-refractivity contribution in [1.29, 1.82) is 0 Å². The molecule has 0 radical (unpaired) electrons. The summed E-state index contributed by atoms with van der Waals surface area (Å²) in [5, 5.41) is 10.1. The summed E-state index contributed by atoms with van der Waals surface area (Å²) < 4.78 is 48.2. The van der Waals surface area contributed by atoms with Crippen LogP contribution in [0.5, 0.6) is 11.5 Å². The number of hydrogen-bond acceptors (Lipinski definition) is 9. The van der Waals surface area contributed by atoms with E-state index in [-0.39, 0.29) is 46.9 Å². The van der Waals surface area contributed by atoms with Crippen molar-refractivity contribution in [2.75, 3.05) is 45.2 Å². The highest BCUT2D eigenvalue weighted by Crippen LogP contribution is 2.29. The largest absolute Gasteiger partial charge is 0.497 e. The highest BCUT2D eigenvalue weighted by atomic mass is 32.2. The second-order valence-electron chi connectivity index (χ2n) is 12.5. The number of likely N-dealkylation sites (N-methyl/N-ethyl adjacent to an activating group) is 1. The van der Waals surface area contributed by atoms with Gasteiger partial charge in [0.25, 0.3) is 15.9 Å². The minimum Gasteiger partial charge on any atom is -0.497 e. The highest BCUT2D eigenvalue weighted by molar-refractivity contribution is 7.92. The number of amides is 1. The summed E-state index contributed by atoms with van der Waals surface area (Å²) in [6.45, 7) is 7.78. The first-order chi connectivity index (χ1) is 22.4. The number of rotatable bonds is 10. The third-order valence-corrected chi connectivity index (χ3v) is 9.63. The average Bonchev–Trinajstić information content (AvgIpc) is 3.50. The molecule has 13 heteroatoms. The maximum atomic E-state index is 14.4. The van der Waals surface area contributed by atoms with Gasteiger partial charge in [-0.2, -0.15) is 8.42 Å². The number of aliphatic hydroxyl groups excluding tert-OH is 1. The number of aryl methyl sites for hydroxylation is 1. The Kier molecular flexibility index (Phi) is 12.7. The van der Waals surface area contributed by atoms with Gasteiger partial charge in [-0.1, -0.05) is 19.1 Å². The first kappa shape index (κ1) is 36.2. The molecule has 4 rings (SSSR count). The van der Waals surface area contributed by atoms with E-state index in [1.807, 2.05) is 38.2 Å². The first-order valence-corrected chi connectivity index (χ1v) is 17.5. The van der Waals surface area contributed by atoms with Gasteiger partial charge in [0, 0.05) is 51.1 Å². The van der Waals surface area contributed by atoms with E-state index in [4.69, 9.17) is 14.2 Å². The van der Waals surface area contributed by atoms with Gasteiger partial charge in [0.05, 0.1) is 43.9 Å². The van der Waals surface area contributed by atoms with Crippen molar-refractivity contribution in [3.63, 3.8) is 0 Å². The molecule has 1 aromatic heterocycles. The zero-order valence-electron chi connectivity index (χ0n) is 28.3. The van der Waals surface area contributed by atoms with Crippen LogP contribution in [0, 0.1) is 5.92 Å². The molecule has 47 heavy (non-hydrogen) atoms. The van der Waals surface area contributed by atoms with Crippen molar-refractivity contribution >= 4 is 21.6 Å². The van der Waals surface area contributed by atoms with Gasteiger partial charge in [-0.25, -0.2) is 4.98 Å². The molecular formula is C34H49N5O7S. The van der Waals surface area contributed by atoms with Gasteiger partial charge in [0.2, 0.25) is 0 Å². The van der Waals surface area contributed by atoms with Crippen LogP contribution in [0.3, 0.4) is 0 Å². The molecule has 1 aliphatic rings. The number of ether oxygens (including phenoxy) is 3. The summed E-state index contributed by atoms with van der Waals surface area (Å²) in [6, 6.07) is 12.2. The van der Waals surface area contributed by atoms with Gasteiger partial charge in [-0.3, -0.25) is 14.4 Å².